The first-order valence-corrected chi connectivity index (χ1v) is 7.55. The van der Waals surface area contributed by atoms with Gasteiger partial charge in [0.15, 0.2) is 0 Å². The summed E-state index contributed by atoms with van der Waals surface area (Å²) in [7, 11) is 0. The number of hydrogen-bond donors (Lipinski definition) is 2. The summed E-state index contributed by atoms with van der Waals surface area (Å²) in [6, 6.07) is 5.01. The minimum absolute atomic E-state index is 0.0595. The largest absolute Gasteiger partial charge is 0.349 e. The summed E-state index contributed by atoms with van der Waals surface area (Å²) in [6.45, 7) is 9.49. The van der Waals surface area contributed by atoms with Crippen molar-refractivity contribution >= 4 is 11.8 Å². The van der Waals surface area contributed by atoms with E-state index in [-0.39, 0.29) is 22.9 Å². The molecule has 0 aliphatic heterocycles. The van der Waals surface area contributed by atoms with Gasteiger partial charge in [-0.2, -0.15) is 0 Å². The minimum atomic E-state index is -0.710. The van der Waals surface area contributed by atoms with Crippen LogP contribution in [0, 0.1) is 11.7 Å². The summed E-state index contributed by atoms with van der Waals surface area (Å²) >= 11 is 0. The standard InChI is InChI=1S/C17H25FN2O2/c1-6-17(4,5)20-16(22)14(11(2)3)19-15(21)12-9-7-8-10-13(12)18/h7-11,14H,6H2,1-5H3,(H,19,21)(H,20,22)/t14-/m0/s1. The predicted molar refractivity (Wildman–Crippen MR) is 85.0 cm³/mol. The quantitative estimate of drug-likeness (QED) is 0.849. The molecule has 0 aliphatic rings. The highest BCUT2D eigenvalue weighted by atomic mass is 19.1. The van der Waals surface area contributed by atoms with E-state index < -0.39 is 17.8 Å². The maximum absolute atomic E-state index is 13.7. The maximum atomic E-state index is 13.7. The summed E-state index contributed by atoms with van der Waals surface area (Å²) in [5.41, 5.74) is -0.414. The van der Waals surface area contributed by atoms with Crippen LogP contribution in [-0.4, -0.2) is 23.4 Å². The Kier molecular flexibility index (Phi) is 6.09. The van der Waals surface area contributed by atoms with Crippen molar-refractivity contribution in [1.82, 2.24) is 10.6 Å². The Bertz CT molecular complexity index is 541. The van der Waals surface area contributed by atoms with Crippen LogP contribution in [0.5, 0.6) is 0 Å². The number of nitrogens with one attached hydrogen (secondary N) is 2. The molecule has 1 rings (SSSR count). The topological polar surface area (TPSA) is 58.2 Å². The van der Waals surface area contributed by atoms with E-state index in [9.17, 15) is 14.0 Å². The third kappa shape index (κ3) is 4.83. The van der Waals surface area contributed by atoms with Crippen LogP contribution < -0.4 is 10.6 Å². The summed E-state index contributed by atoms with van der Waals surface area (Å²) in [4.78, 5) is 24.6. The average molecular weight is 308 g/mol. The second-order valence-corrected chi connectivity index (χ2v) is 6.40. The first-order chi connectivity index (χ1) is 10.2. The van der Waals surface area contributed by atoms with E-state index >= 15 is 0 Å². The number of carbonyl (C=O) groups excluding carboxylic acids is 2. The molecule has 0 saturated heterocycles. The van der Waals surface area contributed by atoms with Gasteiger partial charge in [0, 0.05) is 5.54 Å². The van der Waals surface area contributed by atoms with Crippen molar-refractivity contribution in [1.29, 1.82) is 0 Å². The molecular formula is C17H25FN2O2. The number of hydrogen-bond acceptors (Lipinski definition) is 2. The van der Waals surface area contributed by atoms with Gasteiger partial charge in [-0.3, -0.25) is 9.59 Å². The number of halogens is 1. The van der Waals surface area contributed by atoms with Crippen molar-refractivity contribution in [2.24, 2.45) is 5.92 Å². The Balaban J connectivity index is 2.87. The van der Waals surface area contributed by atoms with E-state index in [4.69, 9.17) is 0 Å². The van der Waals surface area contributed by atoms with Crippen LogP contribution in [0.4, 0.5) is 4.39 Å². The lowest BCUT2D eigenvalue weighted by atomic mass is 9.98. The van der Waals surface area contributed by atoms with E-state index in [0.29, 0.717) is 0 Å². The highest BCUT2D eigenvalue weighted by molar-refractivity contribution is 5.97. The van der Waals surface area contributed by atoms with Gasteiger partial charge in [0.05, 0.1) is 5.56 Å². The van der Waals surface area contributed by atoms with Crippen LogP contribution in [0.3, 0.4) is 0 Å². The molecule has 2 amide bonds. The first-order valence-electron chi connectivity index (χ1n) is 7.55. The SMILES string of the molecule is CCC(C)(C)NC(=O)[C@@H](NC(=O)c1ccccc1F)C(C)C. The molecule has 0 aliphatic carbocycles. The van der Waals surface area contributed by atoms with Gasteiger partial charge >= 0.3 is 0 Å². The molecule has 0 radical (unpaired) electrons. The molecule has 0 spiro atoms. The van der Waals surface area contributed by atoms with E-state index in [2.05, 4.69) is 10.6 Å². The summed E-state index contributed by atoms with van der Waals surface area (Å²) < 4.78 is 13.7. The van der Waals surface area contributed by atoms with Crippen LogP contribution in [-0.2, 0) is 4.79 Å². The molecule has 122 valence electrons. The Labute approximate surface area is 131 Å². The molecule has 0 fully saturated rings. The number of carbonyl (C=O) groups is 2. The molecule has 0 unspecified atom stereocenters. The Morgan fingerprint density at radius 2 is 1.82 bits per heavy atom. The molecule has 5 heteroatoms. The number of benzene rings is 1. The van der Waals surface area contributed by atoms with E-state index in [0.717, 1.165) is 6.42 Å². The van der Waals surface area contributed by atoms with Crippen molar-refractivity contribution in [2.45, 2.75) is 52.6 Å². The van der Waals surface area contributed by atoms with E-state index in [1.54, 1.807) is 6.07 Å². The van der Waals surface area contributed by atoms with Gasteiger partial charge in [-0.05, 0) is 38.3 Å². The van der Waals surface area contributed by atoms with Gasteiger partial charge in [-0.15, -0.1) is 0 Å². The summed E-state index contributed by atoms with van der Waals surface area (Å²) in [5.74, 6) is -1.55. The van der Waals surface area contributed by atoms with Crippen molar-refractivity contribution < 1.29 is 14.0 Å². The van der Waals surface area contributed by atoms with Crippen molar-refractivity contribution in [3.05, 3.63) is 35.6 Å². The van der Waals surface area contributed by atoms with Crippen LogP contribution in [0.1, 0.15) is 51.4 Å². The average Bonchev–Trinajstić information content (AvgIpc) is 2.44. The molecule has 2 N–H and O–H groups in total. The Morgan fingerprint density at radius 1 is 1.23 bits per heavy atom. The van der Waals surface area contributed by atoms with E-state index in [1.807, 2.05) is 34.6 Å². The molecule has 0 saturated carbocycles. The molecule has 1 atom stereocenters. The molecule has 0 aromatic heterocycles. The van der Waals surface area contributed by atoms with Gasteiger partial charge in [0.2, 0.25) is 5.91 Å². The smallest absolute Gasteiger partial charge is 0.254 e. The van der Waals surface area contributed by atoms with Crippen molar-refractivity contribution in [2.75, 3.05) is 0 Å². The lowest BCUT2D eigenvalue weighted by molar-refractivity contribution is -0.125. The third-order valence-electron chi connectivity index (χ3n) is 3.70. The molecule has 22 heavy (non-hydrogen) atoms. The van der Waals surface area contributed by atoms with Crippen LogP contribution in [0.25, 0.3) is 0 Å². The fourth-order valence-electron chi connectivity index (χ4n) is 1.90. The fraction of sp³-hybridized carbons (Fsp3) is 0.529. The van der Waals surface area contributed by atoms with Gasteiger partial charge in [0.25, 0.3) is 5.91 Å². The lowest BCUT2D eigenvalue weighted by Gasteiger charge is -2.29. The number of rotatable bonds is 6. The zero-order chi connectivity index (χ0) is 16.9. The normalized spacial score (nSPS) is 12.9. The molecule has 4 nitrogen and oxygen atoms in total. The van der Waals surface area contributed by atoms with Gasteiger partial charge in [0.1, 0.15) is 11.9 Å². The zero-order valence-electron chi connectivity index (χ0n) is 13.9. The van der Waals surface area contributed by atoms with Crippen molar-refractivity contribution in [3.8, 4) is 0 Å². The second-order valence-electron chi connectivity index (χ2n) is 6.40. The highest BCUT2D eigenvalue weighted by Crippen LogP contribution is 2.12. The third-order valence-corrected chi connectivity index (χ3v) is 3.70. The van der Waals surface area contributed by atoms with Gasteiger partial charge < -0.3 is 10.6 Å². The molecule has 1 aromatic carbocycles. The Morgan fingerprint density at radius 3 is 2.32 bits per heavy atom. The number of amides is 2. The van der Waals surface area contributed by atoms with Crippen molar-refractivity contribution in [3.63, 3.8) is 0 Å². The lowest BCUT2D eigenvalue weighted by Crippen LogP contribution is -2.55. The fourth-order valence-corrected chi connectivity index (χ4v) is 1.90. The van der Waals surface area contributed by atoms with Gasteiger partial charge in [-0.1, -0.05) is 32.9 Å². The Hall–Kier alpha value is -1.91. The monoisotopic (exact) mass is 308 g/mol. The molecule has 1 aromatic rings. The molecule has 0 heterocycles. The minimum Gasteiger partial charge on any atom is -0.349 e. The predicted octanol–water partition coefficient (Wildman–Crippen LogP) is 2.88. The van der Waals surface area contributed by atoms with E-state index in [1.165, 1.54) is 18.2 Å². The van der Waals surface area contributed by atoms with Crippen LogP contribution in [0.15, 0.2) is 24.3 Å². The highest BCUT2D eigenvalue weighted by Gasteiger charge is 2.29. The maximum Gasteiger partial charge on any atom is 0.254 e. The summed E-state index contributed by atoms with van der Waals surface area (Å²) in [6.07, 6.45) is 0.769. The van der Waals surface area contributed by atoms with Gasteiger partial charge in [-0.25, -0.2) is 4.39 Å². The second kappa shape index (κ2) is 7.38. The molecular weight excluding hydrogens is 283 g/mol. The van der Waals surface area contributed by atoms with Crippen LogP contribution in [0.2, 0.25) is 0 Å². The summed E-state index contributed by atoms with van der Waals surface area (Å²) in [5, 5.41) is 5.54. The van der Waals surface area contributed by atoms with Crippen LogP contribution >= 0.6 is 0 Å². The zero-order valence-corrected chi connectivity index (χ0v) is 13.9. The molecule has 0 bridgehead atoms. The first kappa shape index (κ1) is 18.1.